The number of likely N-dealkylation sites (N-methyl/N-ethyl adjacent to an activating group) is 1. The van der Waals surface area contributed by atoms with Crippen LogP contribution >= 0.6 is 0 Å². The maximum Gasteiger partial charge on any atom is 0.253 e. The molecule has 7 bridgehead atoms. The van der Waals surface area contributed by atoms with Crippen molar-refractivity contribution in [3.8, 4) is 0 Å². The summed E-state index contributed by atoms with van der Waals surface area (Å²) in [4.78, 5) is 41.5. The third kappa shape index (κ3) is 5.46. The Hall–Kier alpha value is -4.30. The molecule has 4 atom stereocenters. The number of allylic oxidation sites excluding steroid dienone is 2. The van der Waals surface area contributed by atoms with Crippen molar-refractivity contribution >= 4 is 23.7 Å². The molecule has 5 heterocycles. The molecule has 1 spiro atoms. The summed E-state index contributed by atoms with van der Waals surface area (Å²) in [5.41, 5.74) is 6.48. The first-order valence-electron chi connectivity index (χ1n) is 16.3. The molecule has 3 aliphatic heterocycles. The molecular formula is C37H42N6O2. The summed E-state index contributed by atoms with van der Waals surface area (Å²) in [6.45, 7) is 8.92. The van der Waals surface area contributed by atoms with Crippen molar-refractivity contribution in [1.29, 1.82) is 0 Å². The summed E-state index contributed by atoms with van der Waals surface area (Å²) in [6.07, 6.45) is 13.1. The van der Waals surface area contributed by atoms with E-state index in [9.17, 15) is 9.59 Å². The van der Waals surface area contributed by atoms with Gasteiger partial charge in [-0.05, 0) is 81.4 Å². The standard InChI is InChI=1S/C37H42N6O2/c1-24-30(27-12-8-6-9-13-27)19-32-36(45)43(24)16-15-42(3)14-10-5-4-7-11-26-17-31-34(39-22-26)40-25(2)37(31)20-28-18-29(35(44)41-32)23-38-33(28)21-37/h6-9,11-13,17-18,22-24,30,32H,2,4-5,10,14-16,19-21H2,1,3H3,(H,39,40)(H,41,44)/b11-7+/t24?,30?,32?,37-/m1/s1. The SMILES string of the molecule is C=C1Nc2ncc3cc2[C@@]12Cc1cc(cnc1C2)C(=O)NC1CC(c2ccccc2)C(C)N(CCN(C)CCCC/C=C/3)C1=O. The van der Waals surface area contributed by atoms with Crippen LogP contribution < -0.4 is 10.6 Å². The van der Waals surface area contributed by atoms with Gasteiger partial charge in [0.2, 0.25) is 5.91 Å². The smallest absolute Gasteiger partial charge is 0.253 e. The predicted octanol–water partition coefficient (Wildman–Crippen LogP) is 5.08. The molecule has 3 unspecified atom stereocenters. The number of benzene rings is 1. The van der Waals surface area contributed by atoms with Gasteiger partial charge >= 0.3 is 0 Å². The molecule has 1 aliphatic carbocycles. The van der Waals surface area contributed by atoms with Crippen molar-refractivity contribution in [2.24, 2.45) is 0 Å². The van der Waals surface area contributed by atoms with Gasteiger partial charge in [0.1, 0.15) is 11.9 Å². The number of fused-ring (bicyclic) bond motifs is 4. The second-order valence-corrected chi connectivity index (χ2v) is 13.3. The number of hydrogen-bond acceptors (Lipinski definition) is 6. The Morgan fingerprint density at radius 1 is 1.00 bits per heavy atom. The Balaban J connectivity index is 1.22. The molecule has 45 heavy (non-hydrogen) atoms. The van der Waals surface area contributed by atoms with E-state index in [1.807, 2.05) is 35.4 Å². The van der Waals surface area contributed by atoms with E-state index in [2.05, 4.69) is 66.4 Å². The van der Waals surface area contributed by atoms with Gasteiger partial charge in [-0.1, -0.05) is 49.1 Å². The number of amides is 2. The van der Waals surface area contributed by atoms with E-state index in [1.54, 1.807) is 6.20 Å². The zero-order valence-corrected chi connectivity index (χ0v) is 26.3. The maximum atomic E-state index is 14.0. The highest BCUT2D eigenvalue weighted by Crippen LogP contribution is 2.50. The number of carbonyl (C=O) groups excluding carboxylic acids is 2. The number of piperidine rings is 1. The molecule has 1 saturated heterocycles. The average molecular weight is 603 g/mol. The lowest BCUT2D eigenvalue weighted by Gasteiger charge is -2.43. The Morgan fingerprint density at radius 3 is 2.69 bits per heavy atom. The third-order valence-electron chi connectivity index (χ3n) is 10.4. The van der Waals surface area contributed by atoms with Gasteiger partial charge in [0.15, 0.2) is 0 Å². The van der Waals surface area contributed by atoms with E-state index in [0.717, 1.165) is 66.3 Å². The number of nitrogens with zero attached hydrogens (tertiary/aromatic N) is 4. The van der Waals surface area contributed by atoms with E-state index in [0.29, 0.717) is 31.4 Å². The highest BCUT2D eigenvalue weighted by molar-refractivity contribution is 5.98. The van der Waals surface area contributed by atoms with Crippen LogP contribution in [0.25, 0.3) is 6.08 Å². The minimum Gasteiger partial charge on any atom is -0.343 e. The number of nitrogens with one attached hydrogen (secondary N) is 2. The fourth-order valence-corrected chi connectivity index (χ4v) is 7.73. The minimum absolute atomic E-state index is 0.00924. The van der Waals surface area contributed by atoms with Crippen LogP contribution in [0.15, 0.2) is 73.2 Å². The molecule has 8 heteroatoms. The first-order chi connectivity index (χ1) is 21.8. The number of pyridine rings is 2. The molecule has 1 fully saturated rings. The van der Waals surface area contributed by atoms with Gasteiger partial charge in [-0.2, -0.15) is 0 Å². The number of rotatable bonds is 1. The van der Waals surface area contributed by atoms with Crippen LogP contribution in [0.5, 0.6) is 0 Å². The second kappa shape index (κ2) is 11.9. The monoisotopic (exact) mass is 602 g/mol. The first-order valence-corrected chi connectivity index (χ1v) is 16.3. The summed E-state index contributed by atoms with van der Waals surface area (Å²) < 4.78 is 0. The van der Waals surface area contributed by atoms with Gasteiger partial charge in [0.25, 0.3) is 5.91 Å². The molecule has 1 aromatic carbocycles. The summed E-state index contributed by atoms with van der Waals surface area (Å²) in [5.74, 6) is 0.699. The molecule has 232 valence electrons. The van der Waals surface area contributed by atoms with E-state index in [-0.39, 0.29) is 29.2 Å². The van der Waals surface area contributed by atoms with Gasteiger partial charge in [0.05, 0.1) is 5.56 Å². The van der Waals surface area contributed by atoms with Crippen molar-refractivity contribution in [2.75, 3.05) is 32.0 Å². The van der Waals surface area contributed by atoms with Gasteiger partial charge < -0.3 is 20.4 Å². The number of carbonyl (C=O) groups is 2. The molecule has 3 aromatic rings. The molecule has 8 nitrogen and oxygen atoms in total. The van der Waals surface area contributed by atoms with E-state index in [4.69, 9.17) is 9.97 Å². The van der Waals surface area contributed by atoms with Crippen molar-refractivity contribution < 1.29 is 9.59 Å². The lowest BCUT2D eigenvalue weighted by molar-refractivity contribution is -0.139. The normalized spacial score (nSPS) is 27.8. The highest BCUT2D eigenvalue weighted by atomic mass is 16.2. The van der Waals surface area contributed by atoms with Gasteiger partial charge in [-0.3, -0.25) is 14.6 Å². The first kappa shape index (κ1) is 29.4. The largest absolute Gasteiger partial charge is 0.343 e. The van der Waals surface area contributed by atoms with Crippen LogP contribution in [-0.4, -0.2) is 70.3 Å². The predicted molar refractivity (Wildman–Crippen MR) is 177 cm³/mol. The minimum atomic E-state index is -0.608. The Bertz CT molecular complexity index is 1670. The Kier molecular flexibility index (Phi) is 7.78. The van der Waals surface area contributed by atoms with Crippen LogP contribution in [-0.2, 0) is 23.1 Å². The second-order valence-electron chi connectivity index (χ2n) is 13.3. The van der Waals surface area contributed by atoms with E-state index < -0.39 is 6.04 Å². The molecule has 7 rings (SSSR count). The van der Waals surface area contributed by atoms with Gasteiger partial charge in [0, 0.05) is 66.2 Å². The van der Waals surface area contributed by atoms with E-state index in [1.165, 1.54) is 5.56 Å². The summed E-state index contributed by atoms with van der Waals surface area (Å²) in [6, 6.07) is 14.0. The number of anilines is 1. The lowest BCUT2D eigenvalue weighted by atomic mass is 9.78. The van der Waals surface area contributed by atoms with Crippen LogP contribution in [0, 0.1) is 0 Å². The fraction of sp³-hybridized carbons (Fsp3) is 0.405. The zero-order chi connectivity index (χ0) is 31.1. The zero-order valence-electron chi connectivity index (χ0n) is 26.3. The highest BCUT2D eigenvalue weighted by Gasteiger charge is 2.48. The summed E-state index contributed by atoms with van der Waals surface area (Å²) >= 11 is 0. The van der Waals surface area contributed by atoms with Crippen LogP contribution in [0.1, 0.15) is 76.8 Å². The molecule has 0 saturated carbocycles. The van der Waals surface area contributed by atoms with Crippen LogP contribution in [0.2, 0.25) is 0 Å². The van der Waals surface area contributed by atoms with Crippen LogP contribution in [0.4, 0.5) is 5.82 Å². The Labute approximate surface area is 265 Å². The van der Waals surface area contributed by atoms with Gasteiger partial charge in [-0.25, -0.2) is 4.98 Å². The molecule has 0 radical (unpaired) electrons. The van der Waals surface area contributed by atoms with Crippen molar-refractivity contribution in [3.63, 3.8) is 0 Å². The van der Waals surface area contributed by atoms with Crippen LogP contribution in [0.3, 0.4) is 0 Å². The Morgan fingerprint density at radius 2 is 1.84 bits per heavy atom. The van der Waals surface area contributed by atoms with Crippen molar-refractivity contribution in [2.45, 2.75) is 68.9 Å². The molecule has 2 amide bonds. The van der Waals surface area contributed by atoms with Crippen molar-refractivity contribution in [1.82, 2.24) is 25.1 Å². The lowest BCUT2D eigenvalue weighted by Crippen LogP contribution is -2.59. The quantitative estimate of drug-likeness (QED) is 0.404. The molecule has 2 N–H and O–H groups in total. The topological polar surface area (TPSA) is 90.5 Å². The number of hydrogen-bond donors (Lipinski definition) is 2. The maximum absolute atomic E-state index is 14.0. The van der Waals surface area contributed by atoms with Crippen molar-refractivity contribution in [3.05, 3.63) is 107 Å². The summed E-state index contributed by atoms with van der Waals surface area (Å²) in [5, 5.41) is 6.56. The number of aromatic nitrogens is 2. The average Bonchev–Trinajstić information content (AvgIpc) is 3.56. The van der Waals surface area contributed by atoms with Gasteiger partial charge in [-0.15, -0.1) is 0 Å². The van der Waals surface area contributed by atoms with E-state index >= 15 is 0 Å². The summed E-state index contributed by atoms with van der Waals surface area (Å²) in [7, 11) is 2.13. The third-order valence-corrected chi connectivity index (χ3v) is 10.4. The molecular weight excluding hydrogens is 560 g/mol. The fourth-order valence-electron chi connectivity index (χ4n) is 7.73. The molecule has 4 aliphatic rings. The molecule has 2 aromatic heterocycles.